The van der Waals surface area contributed by atoms with Crippen LogP contribution >= 0.6 is 33.3 Å². The Morgan fingerprint density at radius 1 is 1.47 bits per heavy atom. The Balaban J connectivity index is 3.62. The lowest BCUT2D eigenvalue weighted by Crippen LogP contribution is -2.06. The summed E-state index contributed by atoms with van der Waals surface area (Å²) in [7, 11) is 0.247. The fourth-order valence-corrected chi connectivity index (χ4v) is 2.55. The van der Waals surface area contributed by atoms with Crippen LogP contribution in [0.25, 0.3) is 0 Å². The van der Waals surface area contributed by atoms with Crippen LogP contribution in [0.1, 0.15) is 12.1 Å². The third-order valence-electron chi connectivity index (χ3n) is 1.37. The predicted octanol–water partition coefficient (Wildman–Crippen LogP) is 2.69. The van der Waals surface area contributed by atoms with Crippen LogP contribution < -0.4 is 0 Å². The molecule has 0 aliphatic heterocycles. The Morgan fingerprint density at radius 2 is 2.00 bits per heavy atom. The summed E-state index contributed by atoms with van der Waals surface area (Å²) in [5, 5.41) is 0. The van der Waals surface area contributed by atoms with E-state index in [2.05, 4.69) is 4.98 Å². The molecule has 0 aliphatic carbocycles. The van der Waals surface area contributed by atoms with E-state index >= 15 is 0 Å². The van der Waals surface area contributed by atoms with Crippen molar-refractivity contribution in [1.29, 1.82) is 0 Å². The number of hydrogen-bond acceptors (Lipinski definition) is 3. The molecule has 0 N–H and O–H groups in total. The zero-order chi connectivity index (χ0) is 11.8. The largest absolute Gasteiger partial charge is 0.281 e. The lowest BCUT2D eigenvalue weighted by atomic mass is 10.3. The number of nitrogens with zero attached hydrogens (tertiary/aromatic N) is 1. The van der Waals surface area contributed by atoms with E-state index in [0.29, 0.717) is 6.07 Å². The molecule has 0 unspecified atom stereocenters. The van der Waals surface area contributed by atoms with Gasteiger partial charge in [-0.2, -0.15) is 0 Å². The molecule has 0 atom stereocenters. The van der Waals surface area contributed by atoms with Crippen LogP contribution in [0.2, 0.25) is 0 Å². The molecular weight excluding hydrogens is 369 g/mol. The second kappa shape index (κ2) is 4.42. The van der Waals surface area contributed by atoms with E-state index in [-0.39, 0.29) is 3.70 Å². The lowest BCUT2D eigenvalue weighted by molar-refractivity contribution is 0.141. The summed E-state index contributed by atoms with van der Waals surface area (Å²) in [6.45, 7) is 0. The summed E-state index contributed by atoms with van der Waals surface area (Å²) in [4.78, 5) is 1.97. The zero-order valence-electron chi connectivity index (χ0n) is 6.72. The van der Waals surface area contributed by atoms with E-state index in [1.54, 1.807) is 0 Å². The second-order valence-corrected chi connectivity index (χ2v) is 5.99. The minimum absolute atomic E-state index is 0.0792. The van der Waals surface area contributed by atoms with E-state index < -0.39 is 31.9 Å². The van der Waals surface area contributed by atoms with Crippen LogP contribution in [0, 0.1) is 9.52 Å². The molecule has 0 amide bonds. The van der Waals surface area contributed by atoms with Crippen molar-refractivity contribution in [3.05, 3.63) is 21.3 Å². The van der Waals surface area contributed by atoms with Crippen LogP contribution in [0.4, 0.5) is 13.2 Å². The van der Waals surface area contributed by atoms with Crippen molar-refractivity contribution in [3.8, 4) is 0 Å². The molecule has 1 heterocycles. The second-order valence-electron chi connectivity index (χ2n) is 2.38. The summed E-state index contributed by atoms with van der Waals surface area (Å²) < 4.78 is 59.5. The van der Waals surface area contributed by atoms with Crippen molar-refractivity contribution in [2.24, 2.45) is 0 Å². The molecule has 0 aromatic carbocycles. The van der Waals surface area contributed by atoms with Crippen LogP contribution in [0.15, 0.2) is 11.0 Å². The lowest BCUT2D eigenvalue weighted by Gasteiger charge is -2.06. The number of aromatic nitrogens is 1. The highest BCUT2D eigenvalue weighted by atomic mass is 127. The Kier molecular flexibility index (Phi) is 3.82. The van der Waals surface area contributed by atoms with Gasteiger partial charge in [0, 0.05) is 16.7 Å². The molecule has 3 nitrogen and oxygen atoms in total. The van der Waals surface area contributed by atoms with Gasteiger partial charge in [-0.1, -0.05) is 0 Å². The van der Waals surface area contributed by atoms with Crippen LogP contribution in [-0.2, 0) is 9.05 Å². The molecule has 1 aromatic rings. The van der Waals surface area contributed by atoms with E-state index in [0.717, 1.165) is 0 Å². The summed E-state index contributed by atoms with van der Waals surface area (Å²) >= 11 is 1.49. The standard InChI is InChI=1S/C6H2ClF3INO2S/c7-15(13,14)5-2(8)1-3(11)12-4(5)6(9)10/h1,6H. The molecule has 1 aromatic heterocycles. The van der Waals surface area contributed by atoms with Gasteiger partial charge in [0.2, 0.25) is 0 Å². The van der Waals surface area contributed by atoms with Gasteiger partial charge in [-0.3, -0.25) is 0 Å². The minimum atomic E-state index is -4.57. The topological polar surface area (TPSA) is 47.0 Å². The van der Waals surface area contributed by atoms with Gasteiger partial charge in [0.05, 0.1) is 0 Å². The van der Waals surface area contributed by atoms with Crippen molar-refractivity contribution < 1.29 is 21.6 Å². The number of pyridine rings is 1. The maximum Gasteiger partial charge on any atom is 0.281 e. The fourth-order valence-electron chi connectivity index (χ4n) is 0.880. The molecule has 9 heteroatoms. The van der Waals surface area contributed by atoms with Gasteiger partial charge in [0.15, 0.2) is 0 Å². The molecule has 1 rings (SSSR count). The first-order valence-electron chi connectivity index (χ1n) is 3.32. The van der Waals surface area contributed by atoms with Gasteiger partial charge in [-0.15, -0.1) is 0 Å². The Hall–Kier alpha value is -0.0900. The Labute approximate surface area is 101 Å². The molecular formula is C6H2ClF3INO2S. The summed E-state index contributed by atoms with van der Waals surface area (Å²) in [5.74, 6) is -1.33. The van der Waals surface area contributed by atoms with Crippen molar-refractivity contribution in [2.45, 2.75) is 11.3 Å². The number of halogens is 5. The summed E-state index contributed by atoms with van der Waals surface area (Å²) in [5.41, 5.74) is -1.17. The molecule has 0 saturated heterocycles. The molecule has 0 radical (unpaired) electrons. The molecule has 15 heavy (non-hydrogen) atoms. The van der Waals surface area contributed by atoms with Crippen molar-refractivity contribution in [2.75, 3.05) is 0 Å². The highest BCUT2D eigenvalue weighted by Gasteiger charge is 2.28. The van der Waals surface area contributed by atoms with E-state index in [1.165, 1.54) is 22.6 Å². The maximum atomic E-state index is 13.1. The molecule has 0 bridgehead atoms. The number of rotatable bonds is 2. The Bertz CT molecular complexity index is 493. The monoisotopic (exact) mass is 371 g/mol. The quantitative estimate of drug-likeness (QED) is 0.456. The van der Waals surface area contributed by atoms with E-state index in [9.17, 15) is 21.6 Å². The molecule has 0 aliphatic rings. The smallest absolute Gasteiger partial charge is 0.239 e. The SMILES string of the molecule is O=S(=O)(Cl)c1c(F)cc(I)nc1C(F)F. The third kappa shape index (κ3) is 2.94. The van der Waals surface area contributed by atoms with Crippen LogP contribution in [0.5, 0.6) is 0 Å². The van der Waals surface area contributed by atoms with Gasteiger partial charge < -0.3 is 0 Å². The van der Waals surface area contributed by atoms with Crippen molar-refractivity contribution in [3.63, 3.8) is 0 Å². The van der Waals surface area contributed by atoms with Crippen molar-refractivity contribution >= 4 is 42.3 Å². The first-order valence-corrected chi connectivity index (χ1v) is 6.71. The normalized spacial score (nSPS) is 12.1. The van der Waals surface area contributed by atoms with E-state index in [4.69, 9.17) is 10.7 Å². The minimum Gasteiger partial charge on any atom is -0.239 e. The number of hydrogen-bond donors (Lipinski definition) is 0. The van der Waals surface area contributed by atoms with Gasteiger partial charge in [-0.25, -0.2) is 26.6 Å². The first-order chi connectivity index (χ1) is 6.73. The highest BCUT2D eigenvalue weighted by molar-refractivity contribution is 14.1. The van der Waals surface area contributed by atoms with Gasteiger partial charge >= 0.3 is 0 Å². The van der Waals surface area contributed by atoms with Gasteiger partial charge in [0.1, 0.15) is 20.1 Å². The average molecular weight is 372 g/mol. The zero-order valence-corrected chi connectivity index (χ0v) is 10.4. The van der Waals surface area contributed by atoms with Crippen molar-refractivity contribution in [1.82, 2.24) is 4.98 Å². The molecule has 0 fully saturated rings. The molecule has 0 spiro atoms. The fraction of sp³-hybridized carbons (Fsp3) is 0.167. The Morgan fingerprint density at radius 3 is 2.40 bits per heavy atom. The highest BCUT2D eigenvalue weighted by Crippen LogP contribution is 2.30. The molecule has 0 saturated carbocycles. The summed E-state index contributed by atoms with van der Waals surface area (Å²) in [6.07, 6.45) is -3.21. The van der Waals surface area contributed by atoms with Gasteiger partial charge in [-0.05, 0) is 22.6 Å². The summed E-state index contributed by atoms with van der Waals surface area (Å²) in [6, 6.07) is 0.710. The average Bonchev–Trinajstić information content (AvgIpc) is 1.99. The predicted molar refractivity (Wildman–Crippen MR) is 54.9 cm³/mol. The van der Waals surface area contributed by atoms with Gasteiger partial charge in [0.25, 0.3) is 15.5 Å². The first kappa shape index (κ1) is 13.0. The maximum absolute atomic E-state index is 13.1. The third-order valence-corrected chi connectivity index (χ3v) is 3.28. The van der Waals surface area contributed by atoms with Crippen LogP contribution in [-0.4, -0.2) is 13.4 Å². The van der Waals surface area contributed by atoms with Crippen LogP contribution in [0.3, 0.4) is 0 Å². The number of alkyl halides is 2. The van der Waals surface area contributed by atoms with E-state index in [1.807, 2.05) is 0 Å². The molecule has 84 valence electrons.